The summed E-state index contributed by atoms with van der Waals surface area (Å²) >= 11 is 5.97. The molecule has 0 spiro atoms. The van der Waals surface area contributed by atoms with Gasteiger partial charge in [0, 0.05) is 29.9 Å². The summed E-state index contributed by atoms with van der Waals surface area (Å²) in [5.74, 6) is -0.569. The van der Waals surface area contributed by atoms with Crippen LogP contribution in [0.1, 0.15) is 40.0 Å². The Morgan fingerprint density at radius 2 is 1.85 bits per heavy atom. The monoisotopic (exact) mass is 476 g/mol. The Bertz CT molecular complexity index is 1430. The molecule has 0 radical (unpaired) electrons. The highest BCUT2D eigenvalue weighted by atomic mass is 35.5. The topological polar surface area (TPSA) is 96.2 Å². The first-order valence-corrected chi connectivity index (χ1v) is 11.2. The molecule has 0 amide bonds. The summed E-state index contributed by atoms with van der Waals surface area (Å²) in [6.07, 6.45) is 0. The van der Waals surface area contributed by atoms with Gasteiger partial charge in [-0.3, -0.25) is 9.36 Å². The van der Waals surface area contributed by atoms with Gasteiger partial charge < -0.3 is 15.7 Å². The fraction of sp³-hybridized carbons (Fsp3) is 0.192. The average molecular weight is 477 g/mol. The van der Waals surface area contributed by atoms with Gasteiger partial charge in [0.2, 0.25) is 5.95 Å². The van der Waals surface area contributed by atoms with Crippen LogP contribution in [-0.2, 0) is 13.6 Å². The number of aromatic carboxylic acids is 1. The second-order valence-electron chi connectivity index (χ2n) is 8.25. The molecule has 0 saturated heterocycles. The molecule has 1 atom stereocenters. The molecule has 1 aromatic heterocycles. The first-order chi connectivity index (χ1) is 16.2. The van der Waals surface area contributed by atoms with Crippen molar-refractivity contribution in [2.24, 2.45) is 7.05 Å². The van der Waals surface area contributed by atoms with Gasteiger partial charge >= 0.3 is 5.97 Å². The van der Waals surface area contributed by atoms with E-state index in [-0.39, 0.29) is 17.2 Å². The van der Waals surface area contributed by atoms with Crippen molar-refractivity contribution in [3.8, 4) is 0 Å². The normalized spacial score (nSPS) is 11.9. The third kappa shape index (κ3) is 4.75. The maximum absolute atomic E-state index is 13.2. The van der Waals surface area contributed by atoms with Crippen LogP contribution in [0.2, 0.25) is 5.02 Å². The lowest BCUT2D eigenvalue weighted by Gasteiger charge is -2.20. The lowest BCUT2D eigenvalue weighted by Crippen LogP contribution is -2.23. The van der Waals surface area contributed by atoms with E-state index >= 15 is 0 Å². The molecular weight excluding hydrogens is 452 g/mol. The zero-order valence-corrected chi connectivity index (χ0v) is 19.8. The van der Waals surface area contributed by atoms with Gasteiger partial charge in [-0.05, 0) is 55.3 Å². The first kappa shape index (κ1) is 23.3. The van der Waals surface area contributed by atoms with E-state index in [1.807, 2.05) is 50.2 Å². The van der Waals surface area contributed by atoms with E-state index in [2.05, 4.69) is 10.6 Å². The predicted octanol–water partition coefficient (Wildman–Crippen LogP) is 5.38. The van der Waals surface area contributed by atoms with Crippen molar-refractivity contribution in [3.63, 3.8) is 0 Å². The van der Waals surface area contributed by atoms with Crippen LogP contribution in [0.3, 0.4) is 0 Å². The molecule has 0 saturated carbocycles. The van der Waals surface area contributed by atoms with Crippen LogP contribution in [0.25, 0.3) is 10.9 Å². The number of carbonyl (C=O) groups is 1. The molecular formula is C26H25ClN4O3. The van der Waals surface area contributed by atoms with Gasteiger partial charge in [0.25, 0.3) is 5.56 Å². The van der Waals surface area contributed by atoms with Gasteiger partial charge in [-0.1, -0.05) is 41.9 Å². The highest BCUT2D eigenvalue weighted by Gasteiger charge is 2.18. The van der Waals surface area contributed by atoms with Crippen molar-refractivity contribution < 1.29 is 9.90 Å². The molecule has 4 aromatic rings. The van der Waals surface area contributed by atoms with Crippen LogP contribution >= 0.6 is 11.6 Å². The Hall–Kier alpha value is -3.84. The molecule has 7 nitrogen and oxygen atoms in total. The van der Waals surface area contributed by atoms with E-state index in [1.165, 1.54) is 4.57 Å². The Kier molecular flexibility index (Phi) is 6.56. The molecule has 4 rings (SSSR count). The maximum atomic E-state index is 13.2. The van der Waals surface area contributed by atoms with Crippen molar-refractivity contribution in [2.45, 2.75) is 26.4 Å². The van der Waals surface area contributed by atoms with Gasteiger partial charge in [-0.25, -0.2) is 9.78 Å². The van der Waals surface area contributed by atoms with Crippen molar-refractivity contribution >= 4 is 40.1 Å². The molecule has 0 fully saturated rings. The molecule has 34 heavy (non-hydrogen) atoms. The smallest absolute Gasteiger partial charge is 0.337 e. The third-order valence-corrected chi connectivity index (χ3v) is 5.97. The molecule has 0 aliphatic rings. The highest BCUT2D eigenvalue weighted by molar-refractivity contribution is 6.30. The van der Waals surface area contributed by atoms with Gasteiger partial charge in [0.15, 0.2) is 0 Å². The molecule has 0 bridgehead atoms. The summed E-state index contributed by atoms with van der Waals surface area (Å²) in [6, 6.07) is 17.7. The summed E-state index contributed by atoms with van der Waals surface area (Å²) < 4.78 is 1.50. The number of anilines is 2. The number of rotatable bonds is 7. The number of carboxylic acids is 1. The number of halogens is 1. The molecule has 1 heterocycles. The minimum absolute atomic E-state index is 0.160. The van der Waals surface area contributed by atoms with Gasteiger partial charge in [0.05, 0.1) is 22.5 Å². The second-order valence-corrected chi connectivity index (χ2v) is 8.68. The molecule has 174 valence electrons. The first-order valence-electron chi connectivity index (χ1n) is 10.8. The number of carboxylic acid groups (broad SMARTS) is 1. The molecule has 8 heteroatoms. The number of nitrogens with one attached hydrogen (secondary N) is 2. The van der Waals surface area contributed by atoms with Crippen molar-refractivity contribution in [1.29, 1.82) is 0 Å². The summed E-state index contributed by atoms with van der Waals surface area (Å²) in [7, 11) is 1.69. The van der Waals surface area contributed by atoms with Crippen LogP contribution in [-0.4, -0.2) is 20.6 Å². The lowest BCUT2D eigenvalue weighted by atomic mass is 10.0. The largest absolute Gasteiger partial charge is 0.478 e. The summed E-state index contributed by atoms with van der Waals surface area (Å²) in [5, 5.41) is 17.2. The molecule has 1 unspecified atom stereocenters. The lowest BCUT2D eigenvalue weighted by molar-refractivity contribution is 0.0698. The summed E-state index contributed by atoms with van der Waals surface area (Å²) in [6.45, 7) is 4.32. The van der Waals surface area contributed by atoms with E-state index in [1.54, 1.807) is 31.3 Å². The quantitative estimate of drug-likeness (QED) is 0.331. The van der Waals surface area contributed by atoms with E-state index in [0.29, 0.717) is 34.1 Å². The fourth-order valence-corrected chi connectivity index (χ4v) is 4.06. The SMILES string of the molecule is Cc1cc(C(C)Nc2ccccc2C(=O)O)c2nc(NCc3ccc(Cl)cc3)n(C)c(=O)c2c1. The van der Waals surface area contributed by atoms with Gasteiger partial charge in [-0.2, -0.15) is 0 Å². The summed E-state index contributed by atoms with van der Waals surface area (Å²) in [4.78, 5) is 29.6. The maximum Gasteiger partial charge on any atom is 0.337 e. The molecule has 0 aliphatic heterocycles. The molecule has 0 aliphatic carbocycles. The van der Waals surface area contributed by atoms with Gasteiger partial charge in [0.1, 0.15) is 0 Å². The number of para-hydroxylation sites is 1. The fourth-order valence-electron chi connectivity index (χ4n) is 3.93. The van der Waals surface area contributed by atoms with Crippen molar-refractivity contribution in [1.82, 2.24) is 9.55 Å². The zero-order chi connectivity index (χ0) is 24.4. The van der Waals surface area contributed by atoms with Crippen LogP contribution < -0.4 is 16.2 Å². The molecule has 3 aromatic carbocycles. The van der Waals surface area contributed by atoms with E-state index in [9.17, 15) is 14.7 Å². The molecule has 3 N–H and O–H groups in total. The standard InChI is InChI=1S/C26H25ClN4O3/c1-15-12-20(16(2)29-22-7-5-4-6-19(22)25(33)34)23-21(13-15)24(32)31(3)26(30-23)28-14-17-8-10-18(27)11-9-17/h4-13,16,29H,14H2,1-3H3,(H,28,30)(H,33,34). The third-order valence-electron chi connectivity index (χ3n) is 5.71. The number of aryl methyl sites for hydroxylation is 1. The Labute approximate surface area is 202 Å². The minimum atomic E-state index is -1.01. The predicted molar refractivity (Wildman–Crippen MR) is 136 cm³/mol. The van der Waals surface area contributed by atoms with Gasteiger partial charge in [-0.15, -0.1) is 0 Å². The number of fused-ring (bicyclic) bond motifs is 1. The van der Waals surface area contributed by atoms with Crippen LogP contribution in [0, 0.1) is 6.92 Å². The van der Waals surface area contributed by atoms with E-state index < -0.39 is 5.97 Å². The minimum Gasteiger partial charge on any atom is -0.478 e. The van der Waals surface area contributed by atoms with Crippen LogP contribution in [0.4, 0.5) is 11.6 Å². The van der Waals surface area contributed by atoms with Crippen molar-refractivity contribution in [3.05, 3.63) is 98.3 Å². The van der Waals surface area contributed by atoms with Crippen molar-refractivity contribution in [2.75, 3.05) is 10.6 Å². The summed E-state index contributed by atoms with van der Waals surface area (Å²) in [5.41, 5.74) is 3.82. The number of nitrogens with zero attached hydrogens (tertiary/aromatic N) is 2. The van der Waals surface area contributed by atoms with E-state index in [4.69, 9.17) is 16.6 Å². The number of aromatic nitrogens is 2. The Morgan fingerprint density at radius 1 is 1.15 bits per heavy atom. The Morgan fingerprint density at radius 3 is 2.56 bits per heavy atom. The van der Waals surface area contributed by atoms with Crippen LogP contribution in [0.15, 0.2) is 65.5 Å². The zero-order valence-electron chi connectivity index (χ0n) is 19.1. The number of hydrogen-bond acceptors (Lipinski definition) is 5. The number of benzene rings is 3. The Balaban J connectivity index is 1.74. The van der Waals surface area contributed by atoms with E-state index in [0.717, 1.165) is 16.7 Å². The average Bonchev–Trinajstić information content (AvgIpc) is 2.81. The van der Waals surface area contributed by atoms with Crippen LogP contribution in [0.5, 0.6) is 0 Å². The number of hydrogen-bond donors (Lipinski definition) is 3. The highest BCUT2D eigenvalue weighted by Crippen LogP contribution is 2.28. The second kappa shape index (κ2) is 9.57.